The first-order valence-electron chi connectivity index (χ1n) is 9.22. The molecular weight excluding hydrogens is 368 g/mol. The van der Waals surface area contributed by atoms with Gasteiger partial charge in [0.15, 0.2) is 11.8 Å². The first-order chi connectivity index (χ1) is 14.1. The molecule has 0 atom stereocenters. The number of methoxy groups -OCH3 is 2. The van der Waals surface area contributed by atoms with E-state index < -0.39 is 0 Å². The molecule has 0 bridgehead atoms. The summed E-state index contributed by atoms with van der Waals surface area (Å²) in [7, 11) is 7.06. The van der Waals surface area contributed by atoms with Crippen molar-refractivity contribution in [3.05, 3.63) is 66.1 Å². The lowest BCUT2D eigenvalue weighted by Gasteiger charge is -2.23. The molecule has 1 aromatic carbocycles. The minimum atomic E-state index is 0.619. The Balaban J connectivity index is 1.65. The molecule has 8 nitrogen and oxygen atoms in total. The summed E-state index contributed by atoms with van der Waals surface area (Å²) in [6.07, 6.45) is 5.38. The SMILES string of the molecule is CN=C(NCc1ccnc(-n2cccn2)c1)N(C)Cc1ccc(OC)cc1OC. The summed E-state index contributed by atoms with van der Waals surface area (Å²) < 4.78 is 12.5. The normalized spacial score (nSPS) is 11.2. The topological polar surface area (TPSA) is 76.8 Å². The fourth-order valence-electron chi connectivity index (χ4n) is 2.98. The van der Waals surface area contributed by atoms with E-state index in [0.29, 0.717) is 13.1 Å². The first-order valence-corrected chi connectivity index (χ1v) is 9.22. The molecule has 0 unspecified atom stereocenters. The van der Waals surface area contributed by atoms with E-state index in [1.807, 2.05) is 54.5 Å². The van der Waals surface area contributed by atoms with Crippen LogP contribution < -0.4 is 14.8 Å². The van der Waals surface area contributed by atoms with E-state index in [2.05, 4.69) is 20.4 Å². The molecule has 0 spiro atoms. The summed E-state index contributed by atoms with van der Waals surface area (Å²) in [5.41, 5.74) is 2.13. The standard InChI is InChI=1S/C21H26N6O2/c1-22-21(26(2)15-17-6-7-18(28-3)13-19(17)29-4)24-14-16-8-10-23-20(12-16)27-11-5-9-25-27/h5-13H,14-15H2,1-4H3,(H,22,24). The lowest BCUT2D eigenvalue weighted by molar-refractivity contribution is 0.382. The molecule has 0 saturated heterocycles. The first kappa shape index (κ1) is 20.2. The predicted octanol–water partition coefficient (Wildman–Crippen LogP) is 2.49. The largest absolute Gasteiger partial charge is 0.497 e. The van der Waals surface area contributed by atoms with Crippen molar-refractivity contribution in [2.45, 2.75) is 13.1 Å². The molecule has 0 aliphatic heterocycles. The molecule has 0 saturated carbocycles. The molecule has 8 heteroatoms. The zero-order valence-corrected chi connectivity index (χ0v) is 17.2. The van der Waals surface area contributed by atoms with E-state index in [4.69, 9.17) is 9.47 Å². The van der Waals surface area contributed by atoms with E-state index >= 15 is 0 Å². The van der Waals surface area contributed by atoms with Crippen molar-refractivity contribution in [2.24, 2.45) is 4.99 Å². The molecule has 0 aliphatic carbocycles. The van der Waals surface area contributed by atoms with E-state index in [1.54, 1.807) is 38.3 Å². The number of ether oxygens (including phenoxy) is 2. The quantitative estimate of drug-likeness (QED) is 0.490. The van der Waals surface area contributed by atoms with Crippen LogP contribution in [0.15, 0.2) is 60.0 Å². The Morgan fingerprint density at radius 1 is 1.17 bits per heavy atom. The smallest absolute Gasteiger partial charge is 0.193 e. The van der Waals surface area contributed by atoms with Crippen molar-refractivity contribution in [3.63, 3.8) is 0 Å². The lowest BCUT2D eigenvalue weighted by atomic mass is 10.2. The fourth-order valence-corrected chi connectivity index (χ4v) is 2.98. The van der Waals surface area contributed by atoms with Crippen molar-refractivity contribution in [3.8, 4) is 17.3 Å². The molecule has 2 aromatic heterocycles. The van der Waals surface area contributed by atoms with Crippen molar-refractivity contribution >= 4 is 5.96 Å². The summed E-state index contributed by atoms with van der Waals surface area (Å²) in [4.78, 5) is 10.8. The van der Waals surface area contributed by atoms with Gasteiger partial charge in [0, 0.05) is 57.4 Å². The number of pyridine rings is 1. The van der Waals surface area contributed by atoms with Crippen LogP contribution in [0.4, 0.5) is 0 Å². The summed E-state index contributed by atoms with van der Waals surface area (Å²) in [5.74, 6) is 3.10. The third-order valence-electron chi connectivity index (χ3n) is 4.47. The van der Waals surface area contributed by atoms with Crippen molar-refractivity contribution < 1.29 is 9.47 Å². The number of nitrogens with one attached hydrogen (secondary N) is 1. The Kier molecular flexibility index (Phi) is 6.67. The van der Waals surface area contributed by atoms with Gasteiger partial charge in [-0.15, -0.1) is 0 Å². The molecule has 3 aromatic rings. The second kappa shape index (κ2) is 9.59. The molecule has 3 rings (SSSR count). The van der Waals surface area contributed by atoms with Crippen LogP contribution in [0.2, 0.25) is 0 Å². The van der Waals surface area contributed by atoms with Crippen LogP contribution in [-0.4, -0.2) is 53.9 Å². The Labute approximate surface area is 170 Å². The number of nitrogens with zero attached hydrogens (tertiary/aromatic N) is 5. The highest BCUT2D eigenvalue weighted by molar-refractivity contribution is 5.79. The van der Waals surface area contributed by atoms with Gasteiger partial charge in [-0.1, -0.05) is 0 Å². The molecule has 0 radical (unpaired) electrons. The van der Waals surface area contributed by atoms with Crippen LogP contribution >= 0.6 is 0 Å². The highest BCUT2D eigenvalue weighted by Gasteiger charge is 2.11. The summed E-state index contributed by atoms with van der Waals surface area (Å²) in [5, 5.41) is 7.61. The highest BCUT2D eigenvalue weighted by Crippen LogP contribution is 2.25. The van der Waals surface area contributed by atoms with Crippen LogP contribution in [-0.2, 0) is 13.1 Å². The van der Waals surface area contributed by atoms with Crippen LogP contribution in [0.3, 0.4) is 0 Å². The molecule has 0 fully saturated rings. The molecular formula is C21H26N6O2. The van der Waals surface area contributed by atoms with Crippen molar-refractivity contribution in [2.75, 3.05) is 28.3 Å². The third-order valence-corrected chi connectivity index (χ3v) is 4.47. The second-order valence-electron chi connectivity index (χ2n) is 6.41. The Hall–Kier alpha value is -3.55. The van der Waals surface area contributed by atoms with Crippen LogP contribution in [0.25, 0.3) is 5.82 Å². The maximum absolute atomic E-state index is 5.50. The average molecular weight is 394 g/mol. The second-order valence-corrected chi connectivity index (χ2v) is 6.41. The van der Waals surface area contributed by atoms with Gasteiger partial charge in [0.1, 0.15) is 11.5 Å². The number of aliphatic imine (C=N–C) groups is 1. The lowest BCUT2D eigenvalue weighted by Crippen LogP contribution is -2.38. The van der Waals surface area contributed by atoms with E-state index in [0.717, 1.165) is 34.4 Å². The summed E-state index contributed by atoms with van der Waals surface area (Å²) >= 11 is 0. The van der Waals surface area contributed by atoms with Gasteiger partial charge in [-0.25, -0.2) is 9.67 Å². The van der Waals surface area contributed by atoms with E-state index in [1.165, 1.54) is 0 Å². The van der Waals surface area contributed by atoms with E-state index in [9.17, 15) is 0 Å². The minimum Gasteiger partial charge on any atom is -0.497 e. The number of hydrogen-bond donors (Lipinski definition) is 1. The Bertz CT molecular complexity index is 956. The van der Waals surface area contributed by atoms with Gasteiger partial charge in [-0.3, -0.25) is 4.99 Å². The molecule has 0 aliphatic rings. The van der Waals surface area contributed by atoms with Crippen LogP contribution in [0, 0.1) is 0 Å². The number of guanidine groups is 1. The zero-order chi connectivity index (χ0) is 20.6. The van der Waals surface area contributed by atoms with Gasteiger partial charge in [0.05, 0.1) is 14.2 Å². The molecule has 0 amide bonds. The minimum absolute atomic E-state index is 0.619. The van der Waals surface area contributed by atoms with E-state index in [-0.39, 0.29) is 0 Å². The molecule has 1 N–H and O–H groups in total. The average Bonchev–Trinajstić information content (AvgIpc) is 3.29. The fraction of sp³-hybridized carbons (Fsp3) is 0.286. The van der Waals surface area contributed by atoms with Gasteiger partial charge in [-0.2, -0.15) is 5.10 Å². The summed E-state index contributed by atoms with van der Waals surface area (Å²) in [6, 6.07) is 11.7. The number of hydrogen-bond acceptors (Lipinski definition) is 5. The molecule has 152 valence electrons. The molecule has 29 heavy (non-hydrogen) atoms. The van der Waals surface area contributed by atoms with Gasteiger partial charge < -0.3 is 19.7 Å². The Morgan fingerprint density at radius 3 is 2.72 bits per heavy atom. The number of rotatable bonds is 7. The number of benzene rings is 1. The van der Waals surface area contributed by atoms with Crippen LogP contribution in [0.1, 0.15) is 11.1 Å². The van der Waals surface area contributed by atoms with Crippen LogP contribution in [0.5, 0.6) is 11.5 Å². The molecule has 2 heterocycles. The van der Waals surface area contributed by atoms with Gasteiger partial charge >= 0.3 is 0 Å². The monoisotopic (exact) mass is 394 g/mol. The number of aromatic nitrogens is 3. The maximum Gasteiger partial charge on any atom is 0.193 e. The highest BCUT2D eigenvalue weighted by atomic mass is 16.5. The predicted molar refractivity (Wildman–Crippen MR) is 113 cm³/mol. The zero-order valence-electron chi connectivity index (χ0n) is 17.2. The van der Waals surface area contributed by atoms with Gasteiger partial charge in [-0.05, 0) is 35.9 Å². The Morgan fingerprint density at radius 2 is 2.03 bits per heavy atom. The third kappa shape index (κ3) is 5.04. The van der Waals surface area contributed by atoms with Crippen molar-refractivity contribution in [1.82, 2.24) is 25.0 Å². The van der Waals surface area contributed by atoms with Gasteiger partial charge in [0.2, 0.25) is 0 Å². The van der Waals surface area contributed by atoms with Crippen molar-refractivity contribution in [1.29, 1.82) is 0 Å². The van der Waals surface area contributed by atoms with Gasteiger partial charge in [0.25, 0.3) is 0 Å². The summed E-state index contributed by atoms with van der Waals surface area (Å²) in [6.45, 7) is 1.26. The maximum atomic E-state index is 5.50.